The second kappa shape index (κ2) is 6.48. The summed E-state index contributed by atoms with van der Waals surface area (Å²) < 4.78 is 5.81. The maximum atomic E-state index is 12.4. The Bertz CT molecular complexity index is 473. The molecule has 1 aliphatic heterocycles. The Labute approximate surface area is 126 Å². The Morgan fingerprint density at radius 1 is 1.29 bits per heavy atom. The van der Waals surface area contributed by atoms with Gasteiger partial charge >= 0.3 is 0 Å². The highest BCUT2D eigenvalue weighted by Gasteiger charge is 2.34. The van der Waals surface area contributed by atoms with Crippen molar-refractivity contribution in [1.82, 2.24) is 4.90 Å². The van der Waals surface area contributed by atoms with Gasteiger partial charge in [0.05, 0.1) is 6.04 Å². The Hall–Kier alpha value is -1.55. The molecule has 2 N–H and O–H groups in total. The minimum Gasteiger partial charge on any atom is -0.491 e. The first-order valence-electron chi connectivity index (χ1n) is 7.97. The zero-order valence-electron chi connectivity index (χ0n) is 12.4. The molecule has 1 aromatic rings. The van der Waals surface area contributed by atoms with E-state index in [0.29, 0.717) is 18.9 Å². The maximum Gasteiger partial charge on any atom is 0.224 e. The first-order chi connectivity index (χ1) is 10.2. The molecule has 1 amide bonds. The third-order valence-electron chi connectivity index (χ3n) is 4.52. The van der Waals surface area contributed by atoms with Crippen LogP contribution in [0.1, 0.15) is 32.1 Å². The lowest BCUT2D eigenvalue weighted by molar-refractivity contribution is -0.133. The van der Waals surface area contributed by atoms with Crippen molar-refractivity contribution in [2.45, 2.75) is 44.2 Å². The summed E-state index contributed by atoms with van der Waals surface area (Å²) in [6.45, 7) is 1.42. The van der Waals surface area contributed by atoms with Gasteiger partial charge in [-0.1, -0.05) is 18.2 Å². The first kappa shape index (κ1) is 14.4. The summed E-state index contributed by atoms with van der Waals surface area (Å²) in [5.41, 5.74) is 6.08. The number of nitrogens with zero attached hydrogens (tertiary/aromatic N) is 1. The van der Waals surface area contributed by atoms with Gasteiger partial charge in [-0.05, 0) is 43.7 Å². The molecule has 1 saturated heterocycles. The number of carbonyl (C=O) groups is 1. The predicted molar refractivity (Wildman–Crippen MR) is 82.0 cm³/mol. The van der Waals surface area contributed by atoms with Gasteiger partial charge in [0.2, 0.25) is 5.91 Å². The molecular formula is C17H24N2O2. The fourth-order valence-corrected chi connectivity index (χ4v) is 3.06. The van der Waals surface area contributed by atoms with Gasteiger partial charge in [-0.2, -0.15) is 0 Å². The molecule has 0 unspecified atom stereocenters. The number of para-hydroxylation sites is 1. The van der Waals surface area contributed by atoms with Gasteiger partial charge in [0.25, 0.3) is 0 Å². The Kier molecular flexibility index (Phi) is 4.44. The number of amides is 1. The summed E-state index contributed by atoms with van der Waals surface area (Å²) in [6, 6.07) is 10.0. The molecule has 0 bridgehead atoms. The van der Waals surface area contributed by atoms with E-state index in [0.717, 1.165) is 25.1 Å². The van der Waals surface area contributed by atoms with Crippen molar-refractivity contribution in [3.05, 3.63) is 30.3 Å². The molecule has 4 nitrogen and oxygen atoms in total. The van der Waals surface area contributed by atoms with Crippen molar-refractivity contribution >= 4 is 5.91 Å². The van der Waals surface area contributed by atoms with Gasteiger partial charge in [-0.15, -0.1) is 0 Å². The van der Waals surface area contributed by atoms with Crippen molar-refractivity contribution in [2.24, 2.45) is 11.7 Å². The SMILES string of the molecule is N[C@@H](CC(=O)N1CCC[C@@H]1COc1ccccc1)C1CC1. The van der Waals surface area contributed by atoms with Crippen LogP contribution in [0.3, 0.4) is 0 Å². The van der Waals surface area contributed by atoms with Crippen LogP contribution < -0.4 is 10.5 Å². The quantitative estimate of drug-likeness (QED) is 0.873. The fourth-order valence-electron chi connectivity index (χ4n) is 3.06. The van der Waals surface area contributed by atoms with Gasteiger partial charge in [0.15, 0.2) is 0 Å². The van der Waals surface area contributed by atoms with Crippen LogP contribution in [0.2, 0.25) is 0 Å². The van der Waals surface area contributed by atoms with Crippen LogP contribution in [0.5, 0.6) is 5.75 Å². The van der Waals surface area contributed by atoms with Crippen LogP contribution >= 0.6 is 0 Å². The number of hydrogen-bond acceptors (Lipinski definition) is 3. The van der Waals surface area contributed by atoms with Gasteiger partial charge in [-0.25, -0.2) is 0 Å². The standard InChI is InChI=1S/C17H24N2O2/c18-16(13-8-9-13)11-17(20)19-10-4-5-14(19)12-21-15-6-2-1-3-7-15/h1-3,6-7,13-14,16H,4-5,8-12,18H2/t14-,16+/m1/s1. The van der Waals surface area contributed by atoms with E-state index in [2.05, 4.69) is 0 Å². The number of nitrogens with two attached hydrogens (primary N) is 1. The molecule has 0 radical (unpaired) electrons. The van der Waals surface area contributed by atoms with E-state index in [4.69, 9.17) is 10.5 Å². The van der Waals surface area contributed by atoms with Crippen molar-refractivity contribution < 1.29 is 9.53 Å². The molecule has 1 aliphatic carbocycles. The molecule has 0 aromatic heterocycles. The number of carbonyl (C=O) groups excluding carboxylic acids is 1. The molecule has 1 heterocycles. The normalized spacial score (nSPS) is 23.1. The Balaban J connectivity index is 1.51. The average Bonchev–Trinajstić information content (AvgIpc) is 3.25. The zero-order chi connectivity index (χ0) is 14.7. The lowest BCUT2D eigenvalue weighted by Crippen LogP contribution is -2.42. The summed E-state index contributed by atoms with van der Waals surface area (Å²) in [5.74, 6) is 1.65. The number of benzene rings is 1. The maximum absolute atomic E-state index is 12.4. The van der Waals surface area contributed by atoms with E-state index in [-0.39, 0.29) is 18.0 Å². The predicted octanol–water partition coefficient (Wildman–Crippen LogP) is 2.18. The smallest absolute Gasteiger partial charge is 0.224 e. The molecule has 4 heteroatoms. The molecule has 21 heavy (non-hydrogen) atoms. The van der Waals surface area contributed by atoms with Gasteiger partial charge < -0.3 is 15.4 Å². The molecular weight excluding hydrogens is 264 g/mol. The number of likely N-dealkylation sites (tertiary alicyclic amines) is 1. The lowest BCUT2D eigenvalue weighted by atomic mass is 10.1. The van der Waals surface area contributed by atoms with Crippen LogP contribution in [0.4, 0.5) is 0 Å². The van der Waals surface area contributed by atoms with Crippen LogP contribution in [0.25, 0.3) is 0 Å². The molecule has 2 atom stereocenters. The molecule has 1 saturated carbocycles. The van der Waals surface area contributed by atoms with Crippen LogP contribution in [0, 0.1) is 5.92 Å². The highest BCUT2D eigenvalue weighted by molar-refractivity contribution is 5.77. The third kappa shape index (κ3) is 3.76. The van der Waals surface area contributed by atoms with Crippen LogP contribution in [-0.2, 0) is 4.79 Å². The average molecular weight is 288 g/mol. The first-order valence-corrected chi connectivity index (χ1v) is 7.97. The van der Waals surface area contributed by atoms with E-state index < -0.39 is 0 Å². The van der Waals surface area contributed by atoms with E-state index in [9.17, 15) is 4.79 Å². The molecule has 0 spiro atoms. The zero-order valence-corrected chi connectivity index (χ0v) is 12.4. The number of hydrogen-bond donors (Lipinski definition) is 1. The minimum atomic E-state index is 0.0498. The number of ether oxygens (including phenoxy) is 1. The second-order valence-corrected chi connectivity index (χ2v) is 6.21. The van der Waals surface area contributed by atoms with Crippen molar-refractivity contribution in [2.75, 3.05) is 13.2 Å². The highest BCUT2D eigenvalue weighted by atomic mass is 16.5. The summed E-state index contributed by atoms with van der Waals surface area (Å²) in [7, 11) is 0. The molecule has 114 valence electrons. The highest BCUT2D eigenvalue weighted by Crippen LogP contribution is 2.33. The summed E-state index contributed by atoms with van der Waals surface area (Å²) in [5, 5.41) is 0. The van der Waals surface area contributed by atoms with Crippen LogP contribution in [0.15, 0.2) is 30.3 Å². The molecule has 1 aromatic carbocycles. The lowest BCUT2D eigenvalue weighted by Gasteiger charge is -2.26. The summed E-state index contributed by atoms with van der Waals surface area (Å²) in [6.07, 6.45) is 4.96. The second-order valence-electron chi connectivity index (χ2n) is 6.21. The van der Waals surface area contributed by atoms with E-state index >= 15 is 0 Å². The van der Waals surface area contributed by atoms with Crippen molar-refractivity contribution in [3.63, 3.8) is 0 Å². The van der Waals surface area contributed by atoms with E-state index in [1.54, 1.807) is 0 Å². The van der Waals surface area contributed by atoms with Gasteiger partial charge in [0, 0.05) is 19.0 Å². The fraction of sp³-hybridized carbons (Fsp3) is 0.588. The Morgan fingerprint density at radius 2 is 2.05 bits per heavy atom. The van der Waals surface area contributed by atoms with Crippen LogP contribution in [-0.4, -0.2) is 36.0 Å². The monoisotopic (exact) mass is 288 g/mol. The van der Waals surface area contributed by atoms with Gasteiger partial charge in [-0.3, -0.25) is 4.79 Å². The van der Waals surface area contributed by atoms with Gasteiger partial charge in [0.1, 0.15) is 12.4 Å². The molecule has 2 aliphatic rings. The van der Waals surface area contributed by atoms with Crippen molar-refractivity contribution in [3.8, 4) is 5.75 Å². The molecule has 2 fully saturated rings. The number of rotatable bonds is 6. The topological polar surface area (TPSA) is 55.6 Å². The molecule has 3 rings (SSSR count). The largest absolute Gasteiger partial charge is 0.491 e. The third-order valence-corrected chi connectivity index (χ3v) is 4.52. The summed E-state index contributed by atoms with van der Waals surface area (Å²) >= 11 is 0. The van der Waals surface area contributed by atoms with E-state index in [1.807, 2.05) is 35.2 Å². The Morgan fingerprint density at radius 3 is 2.76 bits per heavy atom. The van der Waals surface area contributed by atoms with E-state index in [1.165, 1.54) is 12.8 Å². The minimum absolute atomic E-state index is 0.0498. The van der Waals surface area contributed by atoms with Crippen molar-refractivity contribution in [1.29, 1.82) is 0 Å². The summed E-state index contributed by atoms with van der Waals surface area (Å²) in [4.78, 5) is 14.4.